The van der Waals surface area contributed by atoms with Gasteiger partial charge in [-0.15, -0.1) is 0 Å². The lowest BCUT2D eigenvalue weighted by Crippen LogP contribution is -2.46. The molecule has 0 saturated carbocycles. The van der Waals surface area contributed by atoms with Crippen molar-refractivity contribution in [3.05, 3.63) is 0 Å². The van der Waals surface area contributed by atoms with Gasteiger partial charge < -0.3 is 20.1 Å². The molecule has 2 saturated heterocycles. The zero-order valence-corrected chi connectivity index (χ0v) is 9.78. The highest BCUT2D eigenvalue weighted by Crippen LogP contribution is 2.34. The molecule has 2 fully saturated rings. The molecular formula is C11H20N2O3. The number of carbonyl (C=O) groups is 1. The Bertz CT molecular complexity index is 272. The van der Waals surface area contributed by atoms with E-state index < -0.39 is 0 Å². The number of amides is 1. The van der Waals surface area contributed by atoms with Crippen molar-refractivity contribution in [3.8, 4) is 0 Å². The lowest BCUT2D eigenvalue weighted by Gasteiger charge is -2.37. The third kappa shape index (κ3) is 2.21. The number of ether oxygens (including phenoxy) is 2. The third-order valence-electron chi connectivity index (χ3n) is 3.62. The molecule has 0 bridgehead atoms. The fourth-order valence-electron chi connectivity index (χ4n) is 2.66. The zero-order chi connectivity index (χ0) is 11.6. The maximum Gasteiger partial charge on any atom is 0.236 e. The average molecular weight is 228 g/mol. The molecule has 2 aliphatic rings. The molecule has 0 aromatic heterocycles. The van der Waals surface area contributed by atoms with Gasteiger partial charge in [-0.05, 0) is 12.8 Å². The SMILES string of the molecule is COC1CCOC2(CCN(C(=O)CN)C2)C1. The molecule has 0 radical (unpaired) electrons. The lowest BCUT2D eigenvalue weighted by atomic mass is 9.91. The van der Waals surface area contributed by atoms with Crippen LogP contribution in [0.5, 0.6) is 0 Å². The Balaban J connectivity index is 1.97. The molecule has 1 amide bonds. The minimum absolute atomic E-state index is 0.0139. The van der Waals surface area contributed by atoms with Crippen LogP contribution in [-0.4, -0.2) is 55.9 Å². The average Bonchev–Trinajstić information content (AvgIpc) is 2.72. The third-order valence-corrected chi connectivity index (χ3v) is 3.62. The Labute approximate surface area is 95.9 Å². The predicted octanol–water partition coefficient (Wildman–Crippen LogP) is -0.258. The Morgan fingerprint density at radius 1 is 1.69 bits per heavy atom. The Morgan fingerprint density at radius 2 is 2.50 bits per heavy atom. The number of hydrogen-bond acceptors (Lipinski definition) is 4. The first-order valence-electron chi connectivity index (χ1n) is 5.84. The van der Waals surface area contributed by atoms with Crippen molar-refractivity contribution in [2.24, 2.45) is 5.73 Å². The molecule has 2 heterocycles. The van der Waals surface area contributed by atoms with E-state index in [1.165, 1.54) is 0 Å². The van der Waals surface area contributed by atoms with Gasteiger partial charge in [0.05, 0.1) is 18.2 Å². The van der Waals surface area contributed by atoms with Crippen molar-refractivity contribution in [2.75, 3.05) is 33.4 Å². The van der Waals surface area contributed by atoms with Gasteiger partial charge in [-0.25, -0.2) is 0 Å². The predicted molar refractivity (Wildman–Crippen MR) is 59.0 cm³/mol. The molecule has 2 rings (SSSR count). The van der Waals surface area contributed by atoms with Gasteiger partial charge in [-0.1, -0.05) is 0 Å². The molecular weight excluding hydrogens is 208 g/mol. The lowest BCUT2D eigenvalue weighted by molar-refractivity contribution is -0.136. The van der Waals surface area contributed by atoms with Crippen molar-refractivity contribution in [1.29, 1.82) is 0 Å². The molecule has 2 aliphatic heterocycles. The van der Waals surface area contributed by atoms with Crippen LogP contribution in [-0.2, 0) is 14.3 Å². The van der Waals surface area contributed by atoms with Crippen LogP contribution in [0.15, 0.2) is 0 Å². The number of likely N-dealkylation sites (tertiary alicyclic amines) is 1. The van der Waals surface area contributed by atoms with Gasteiger partial charge in [0.1, 0.15) is 0 Å². The first-order chi connectivity index (χ1) is 7.69. The van der Waals surface area contributed by atoms with Crippen molar-refractivity contribution in [1.82, 2.24) is 4.90 Å². The fourth-order valence-corrected chi connectivity index (χ4v) is 2.66. The quantitative estimate of drug-likeness (QED) is 0.707. The van der Waals surface area contributed by atoms with E-state index in [1.54, 1.807) is 12.0 Å². The summed E-state index contributed by atoms with van der Waals surface area (Å²) >= 11 is 0. The van der Waals surface area contributed by atoms with Crippen LogP contribution in [0.4, 0.5) is 0 Å². The molecule has 2 unspecified atom stereocenters. The molecule has 0 aromatic carbocycles. The van der Waals surface area contributed by atoms with Crippen LogP contribution < -0.4 is 5.73 Å². The van der Waals surface area contributed by atoms with Gasteiger partial charge in [0, 0.05) is 33.2 Å². The second kappa shape index (κ2) is 4.69. The summed E-state index contributed by atoms with van der Waals surface area (Å²) < 4.78 is 11.3. The van der Waals surface area contributed by atoms with E-state index in [1.807, 2.05) is 0 Å². The van der Waals surface area contributed by atoms with Gasteiger partial charge in [-0.2, -0.15) is 0 Å². The summed E-state index contributed by atoms with van der Waals surface area (Å²) in [5.41, 5.74) is 5.19. The first-order valence-corrected chi connectivity index (χ1v) is 5.84. The molecule has 92 valence electrons. The van der Waals surface area contributed by atoms with Crippen molar-refractivity contribution < 1.29 is 14.3 Å². The molecule has 2 N–H and O–H groups in total. The van der Waals surface area contributed by atoms with E-state index in [9.17, 15) is 4.79 Å². The smallest absolute Gasteiger partial charge is 0.236 e. The summed E-state index contributed by atoms with van der Waals surface area (Å²) in [6, 6.07) is 0. The van der Waals surface area contributed by atoms with E-state index >= 15 is 0 Å². The topological polar surface area (TPSA) is 64.8 Å². The minimum atomic E-state index is -0.177. The maximum atomic E-state index is 11.5. The largest absolute Gasteiger partial charge is 0.381 e. The van der Waals surface area contributed by atoms with Crippen molar-refractivity contribution in [3.63, 3.8) is 0 Å². The Hall–Kier alpha value is -0.650. The highest BCUT2D eigenvalue weighted by molar-refractivity contribution is 5.78. The van der Waals surface area contributed by atoms with Gasteiger partial charge >= 0.3 is 0 Å². The van der Waals surface area contributed by atoms with E-state index in [0.29, 0.717) is 6.54 Å². The number of hydrogen-bond donors (Lipinski definition) is 1. The molecule has 5 heteroatoms. The zero-order valence-electron chi connectivity index (χ0n) is 9.78. The van der Waals surface area contributed by atoms with Crippen LogP contribution in [0.1, 0.15) is 19.3 Å². The first kappa shape index (κ1) is 11.8. The van der Waals surface area contributed by atoms with E-state index in [0.717, 1.165) is 32.4 Å². The van der Waals surface area contributed by atoms with E-state index in [2.05, 4.69) is 0 Å². The van der Waals surface area contributed by atoms with Crippen LogP contribution in [0.25, 0.3) is 0 Å². The number of nitrogens with two attached hydrogens (primary N) is 1. The van der Waals surface area contributed by atoms with Crippen LogP contribution >= 0.6 is 0 Å². The van der Waals surface area contributed by atoms with Crippen LogP contribution in [0.3, 0.4) is 0 Å². The number of carbonyl (C=O) groups excluding carboxylic acids is 1. The van der Waals surface area contributed by atoms with Crippen LogP contribution in [0.2, 0.25) is 0 Å². The molecule has 2 atom stereocenters. The van der Waals surface area contributed by atoms with E-state index in [4.69, 9.17) is 15.2 Å². The second-order valence-electron chi connectivity index (χ2n) is 4.65. The van der Waals surface area contributed by atoms with Crippen molar-refractivity contribution in [2.45, 2.75) is 31.0 Å². The summed E-state index contributed by atoms with van der Waals surface area (Å²) in [4.78, 5) is 13.3. The number of methoxy groups -OCH3 is 1. The number of rotatable bonds is 2. The number of nitrogens with zero attached hydrogens (tertiary/aromatic N) is 1. The van der Waals surface area contributed by atoms with Crippen molar-refractivity contribution >= 4 is 5.91 Å². The van der Waals surface area contributed by atoms with Gasteiger partial charge in [0.15, 0.2) is 0 Å². The normalized spacial score (nSPS) is 34.6. The Kier molecular flexibility index (Phi) is 3.47. The maximum absolute atomic E-state index is 11.5. The Morgan fingerprint density at radius 3 is 3.19 bits per heavy atom. The van der Waals surface area contributed by atoms with Gasteiger partial charge in [0.25, 0.3) is 0 Å². The molecule has 0 aromatic rings. The van der Waals surface area contributed by atoms with Gasteiger partial charge in [0.2, 0.25) is 5.91 Å². The van der Waals surface area contributed by atoms with E-state index in [-0.39, 0.29) is 24.2 Å². The second-order valence-corrected chi connectivity index (χ2v) is 4.65. The molecule has 16 heavy (non-hydrogen) atoms. The summed E-state index contributed by atoms with van der Waals surface area (Å²) in [6.45, 7) is 2.24. The summed E-state index contributed by atoms with van der Waals surface area (Å²) in [7, 11) is 1.74. The van der Waals surface area contributed by atoms with Crippen LogP contribution in [0, 0.1) is 0 Å². The highest BCUT2D eigenvalue weighted by atomic mass is 16.5. The monoisotopic (exact) mass is 228 g/mol. The molecule has 1 spiro atoms. The summed E-state index contributed by atoms with van der Waals surface area (Å²) in [5.74, 6) is 0.0139. The minimum Gasteiger partial charge on any atom is -0.381 e. The summed E-state index contributed by atoms with van der Waals surface area (Å²) in [5, 5.41) is 0. The summed E-state index contributed by atoms with van der Waals surface area (Å²) in [6.07, 6.45) is 3.00. The molecule has 5 nitrogen and oxygen atoms in total. The van der Waals surface area contributed by atoms with Gasteiger partial charge in [-0.3, -0.25) is 4.79 Å². The fraction of sp³-hybridized carbons (Fsp3) is 0.909. The standard InChI is InChI=1S/C11H20N2O3/c1-15-9-2-5-16-11(6-9)3-4-13(8-11)10(14)7-12/h9H,2-8,12H2,1H3. The molecule has 0 aliphatic carbocycles. The highest BCUT2D eigenvalue weighted by Gasteiger charge is 2.44.